The second kappa shape index (κ2) is 6.74. The summed E-state index contributed by atoms with van der Waals surface area (Å²) in [5, 5.41) is 0. The third-order valence-electron chi connectivity index (χ3n) is 9.34. The van der Waals surface area contributed by atoms with Crippen LogP contribution < -0.4 is 0 Å². The Morgan fingerprint density at radius 1 is 0.615 bits per heavy atom. The summed E-state index contributed by atoms with van der Waals surface area (Å²) < 4.78 is 0. The van der Waals surface area contributed by atoms with Crippen molar-refractivity contribution in [2.24, 2.45) is 16.7 Å². The minimum atomic E-state index is 0.743. The molecule has 2 spiro atoms. The van der Waals surface area contributed by atoms with Crippen LogP contribution in [0.4, 0.5) is 0 Å². The van der Waals surface area contributed by atoms with E-state index >= 15 is 0 Å². The molecular formula is C23H41N3. The van der Waals surface area contributed by atoms with Crippen LogP contribution in [-0.2, 0) is 0 Å². The van der Waals surface area contributed by atoms with E-state index in [-0.39, 0.29) is 0 Å². The van der Waals surface area contributed by atoms with Gasteiger partial charge in [-0.3, -0.25) is 0 Å². The number of nitrogens with zero attached hydrogens (tertiary/aromatic N) is 3. The van der Waals surface area contributed by atoms with Crippen molar-refractivity contribution in [1.82, 2.24) is 14.7 Å². The normalized spacial score (nSPS) is 36.9. The second-order valence-electron chi connectivity index (χ2n) is 11.2. The Morgan fingerprint density at radius 2 is 1.08 bits per heavy atom. The number of hydrogen-bond donors (Lipinski definition) is 0. The highest BCUT2D eigenvalue weighted by atomic mass is 15.2. The van der Waals surface area contributed by atoms with E-state index in [0.29, 0.717) is 0 Å². The van der Waals surface area contributed by atoms with Gasteiger partial charge in [0.25, 0.3) is 0 Å². The molecule has 0 aromatic carbocycles. The van der Waals surface area contributed by atoms with Gasteiger partial charge in [-0.1, -0.05) is 6.92 Å². The van der Waals surface area contributed by atoms with Crippen LogP contribution in [0.2, 0.25) is 0 Å². The van der Waals surface area contributed by atoms with Crippen molar-refractivity contribution >= 4 is 0 Å². The first-order chi connectivity index (χ1) is 12.5. The van der Waals surface area contributed by atoms with E-state index < -0.39 is 0 Å². The third-order valence-corrected chi connectivity index (χ3v) is 9.34. The topological polar surface area (TPSA) is 9.72 Å². The van der Waals surface area contributed by atoms with Crippen molar-refractivity contribution < 1.29 is 0 Å². The number of piperidine rings is 3. The molecule has 3 aliphatic heterocycles. The zero-order valence-corrected chi connectivity index (χ0v) is 17.4. The van der Waals surface area contributed by atoms with Gasteiger partial charge in [0.1, 0.15) is 0 Å². The van der Waals surface area contributed by atoms with E-state index in [0.717, 1.165) is 28.8 Å². The summed E-state index contributed by atoms with van der Waals surface area (Å²) in [6.45, 7) is 10.7. The van der Waals surface area contributed by atoms with Crippen LogP contribution in [0.15, 0.2) is 0 Å². The van der Waals surface area contributed by atoms with Crippen LogP contribution in [0.3, 0.4) is 0 Å². The van der Waals surface area contributed by atoms with Crippen molar-refractivity contribution in [2.45, 2.75) is 83.2 Å². The Kier molecular flexibility index (Phi) is 4.65. The Bertz CT molecular complexity index is 478. The van der Waals surface area contributed by atoms with E-state index in [1.165, 1.54) is 103 Å². The number of rotatable bonds is 2. The zero-order valence-electron chi connectivity index (χ0n) is 17.4. The van der Waals surface area contributed by atoms with Crippen LogP contribution >= 0.6 is 0 Å². The number of likely N-dealkylation sites (tertiary alicyclic amines) is 3. The lowest BCUT2D eigenvalue weighted by atomic mass is 9.56. The van der Waals surface area contributed by atoms with Crippen LogP contribution in [0.1, 0.15) is 71.1 Å². The van der Waals surface area contributed by atoms with Gasteiger partial charge in [0.05, 0.1) is 0 Å². The van der Waals surface area contributed by atoms with Gasteiger partial charge >= 0.3 is 0 Å². The van der Waals surface area contributed by atoms with E-state index in [9.17, 15) is 0 Å². The zero-order chi connectivity index (χ0) is 17.8. The monoisotopic (exact) mass is 359 g/mol. The lowest BCUT2D eigenvalue weighted by molar-refractivity contribution is -0.0836. The molecule has 3 heterocycles. The Labute approximate surface area is 161 Å². The Morgan fingerprint density at radius 3 is 1.58 bits per heavy atom. The summed E-state index contributed by atoms with van der Waals surface area (Å²) in [4.78, 5) is 8.25. The quantitative estimate of drug-likeness (QED) is 0.742. The predicted octanol–water partition coefficient (Wildman–Crippen LogP) is 3.84. The Balaban J connectivity index is 1.06. The molecular weight excluding hydrogens is 318 g/mol. The first-order valence-electron chi connectivity index (χ1n) is 11.7. The minimum absolute atomic E-state index is 0.743. The van der Waals surface area contributed by atoms with Gasteiger partial charge in [0, 0.05) is 12.1 Å². The van der Waals surface area contributed by atoms with E-state index in [2.05, 4.69) is 28.7 Å². The molecule has 0 aromatic heterocycles. The molecule has 0 N–H and O–H groups in total. The molecule has 5 fully saturated rings. The molecule has 3 heteroatoms. The molecule has 26 heavy (non-hydrogen) atoms. The fourth-order valence-electron chi connectivity index (χ4n) is 7.52. The molecule has 0 bridgehead atoms. The maximum absolute atomic E-state index is 2.89. The maximum atomic E-state index is 2.89. The molecule has 5 rings (SSSR count). The molecule has 0 radical (unpaired) electrons. The standard InChI is InChI=1S/C23H41N3/c1-19-15-22(16-19)5-13-26(14-6-22)21-17-23(18-21)7-11-25(12-8-23)20-3-9-24(2)10-4-20/h19-21H,3-18H2,1-2H3. The van der Waals surface area contributed by atoms with Gasteiger partial charge in [-0.15, -0.1) is 0 Å². The van der Waals surface area contributed by atoms with Gasteiger partial charge in [0.2, 0.25) is 0 Å². The van der Waals surface area contributed by atoms with Crippen LogP contribution in [-0.4, -0.2) is 73.1 Å². The average Bonchev–Trinajstić information content (AvgIpc) is 2.60. The molecule has 2 saturated carbocycles. The van der Waals surface area contributed by atoms with Crippen molar-refractivity contribution in [1.29, 1.82) is 0 Å². The van der Waals surface area contributed by atoms with Crippen molar-refractivity contribution in [3.63, 3.8) is 0 Å². The highest BCUT2D eigenvalue weighted by molar-refractivity contribution is 5.04. The van der Waals surface area contributed by atoms with E-state index in [1.807, 2.05) is 0 Å². The molecule has 3 saturated heterocycles. The van der Waals surface area contributed by atoms with Crippen molar-refractivity contribution in [3.05, 3.63) is 0 Å². The molecule has 0 aromatic rings. The van der Waals surface area contributed by atoms with Gasteiger partial charge < -0.3 is 14.7 Å². The lowest BCUT2D eigenvalue weighted by Gasteiger charge is -2.59. The average molecular weight is 360 g/mol. The Hall–Kier alpha value is -0.120. The highest BCUT2D eigenvalue weighted by Gasteiger charge is 2.50. The molecule has 148 valence electrons. The summed E-state index contributed by atoms with van der Waals surface area (Å²) >= 11 is 0. The molecule has 0 unspecified atom stereocenters. The smallest absolute Gasteiger partial charge is 0.0120 e. The summed E-state index contributed by atoms with van der Waals surface area (Å²) in [5.74, 6) is 1.02. The van der Waals surface area contributed by atoms with Crippen molar-refractivity contribution in [3.8, 4) is 0 Å². The van der Waals surface area contributed by atoms with Gasteiger partial charge in [-0.05, 0) is 127 Å². The first-order valence-corrected chi connectivity index (χ1v) is 11.7. The van der Waals surface area contributed by atoms with Crippen LogP contribution in [0.25, 0.3) is 0 Å². The van der Waals surface area contributed by atoms with Crippen molar-refractivity contribution in [2.75, 3.05) is 46.3 Å². The fourth-order valence-corrected chi connectivity index (χ4v) is 7.52. The number of hydrogen-bond acceptors (Lipinski definition) is 3. The highest BCUT2D eigenvalue weighted by Crippen LogP contribution is 2.55. The van der Waals surface area contributed by atoms with Gasteiger partial charge in [0.15, 0.2) is 0 Å². The molecule has 0 atom stereocenters. The summed E-state index contributed by atoms with van der Waals surface area (Å²) in [6, 6.07) is 1.84. The van der Waals surface area contributed by atoms with E-state index in [1.54, 1.807) is 0 Å². The lowest BCUT2D eigenvalue weighted by Crippen LogP contribution is -2.59. The molecule has 2 aliphatic carbocycles. The third kappa shape index (κ3) is 3.26. The summed E-state index contributed by atoms with van der Waals surface area (Å²) in [6.07, 6.45) is 14.9. The van der Waals surface area contributed by atoms with E-state index in [4.69, 9.17) is 0 Å². The molecule has 3 nitrogen and oxygen atoms in total. The minimum Gasteiger partial charge on any atom is -0.306 e. The van der Waals surface area contributed by atoms with Crippen LogP contribution in [0.5, 0.6) is 0 Å². The fraction of sp³-hybridized carbons (Fsp3) is 1.00. The van der Waals surface area contributed by atoms with Gasteiger partial charge in [-0.2, -0.15) is 0 Å². The van der Waals surface area contributed by atoms with Gasteiger partial charge in [-0.25, -0.2) is 0 Å². The summed E-state index contributed by atoms with van der Waals surface area (Å²) in [5.41, 5.74) is 1.53. The second-order valence-corrected chi connectivity index (χ2v) is 11.2. The predicted molar refractivity (Wildman–Crippen MR) is 108 cm³/mol. The SMILES string of the molecule is CC1CC2(CCN(C3CC4(CCN(C5CCN(C)CC5)CC4)C3)CC2)C1. The first kappa shape index (κ1) is 17.9. The largest absolute Gasteiger partial charge is 0.306 e. The maximum Gasteiger partial charge on any atom is 0.0120 e. The summed E-state index contributed by atoms with van der Waals surface area (Å²) in [7, 11) is 2.28. The van der Waals surface area contributed by atoms with Crippen LogP contribution in [0, 0.1) is 16.7 Å². The molecule has 0 amide bonds. The molecule has 5 aliphatic rings.